The molecule has 0 fully saturated rings. The number of rotatable bonds is 4. The molecule has 0 aromatic carbocycles. The van der Waals surface area contributed by atoms with Crippen molar-refractivity contribution in [2.24, 2.45) is 10.9 Å². The van der Waals surface area contributed by atoms with Crippen molar-refractivity contribution in [1.82, 2.24) is 10.2 Å². The zero-order valence-corrected chi connectivity index (χ0v) is 10.7. The molecule has 3 N–H and O–H groups in total. The molecule has 0 aliphatic carbocycles. The van der Waals surface area contributed by atoms with Gasteiger partial charge in [-0.25, -0.2) is 0 Å². The third kappa shape index (κ3) is 2.64. The number of hydrogen-bond donors (Lipinski definition) is 2. The predicted molar refractivity (Wildman–Crippen MR) is 67.6 cm³/mol. The van der Waals surface area contributed by atoms with Crippen LogP contribution in [0.2, 0.25) is 0 Å². The second-order valence-electron chi connectivity index (χ2n) is 4.02. The minimum Gasteiger partial charge on any atom is -0.409 e. The second kappa shape index (κ2) is 5.47. The van der Waals surface area contributed by atoms with Crippen LogP contribution in [0.3, 0.4) is 0 Å². The summed E-state index contributed by atoms with van der Waals surface area (Å²) < 4.78 is 0. The van der Waals surface area contributed by atoms with E-state index in [1.165, 1.54) is 0 Å². The first-order valence-corrected chi connectivity index (χ1v) is 5.55. The van der Waals surface area contributed by atoms with Crippen LogP contribution in [0.25, 0.3) is 0 Å². The Labute approximate surface area is 101 Å². The molecule has 1 aromatic rings. The molecular weight excluding hydrogens is 218 g/mol. The summed E-state index contributed by atoms with van der Waals surface area (Å²) in [6, 6.07) is 0. The van der Waals surface area contributed by atoms with Crippen LogP contribution in [0.15, 0.2) is 5.16 Å². The fraction of sp³-hybridized carbons (Fsp3) is 0.545. The third-order valence-electron chi connectivity index (χ3n) is 2.72. The largest absolute Gasteiger partial charge is 0.409 e. The van der Waals surface area contributed by atoms with E-state index in [2.05, 4.69) is 22.3 Å². The van der Waals surface area contributed by atoms with Crippen molar-refractivity contribution in [3.63, 3.8) is 0 Å². The van der Waals surface area contributed by atoms with Gasteiger partial charge in [0.05, 0.1) is 11.3 Å². The summed E-state index contributed by atoms with van der Waals surface area (Å²) in [5, 5.41) is 20.1. The van der Waals surface area contributed by atoms with E-state index >= 15 is 0 Å². The van der Waals surface area contributed by atoms with Crippen molar-refractivity contribution in [3.8, 4) is 0 Å². The molecule has 1 heterocycles. The summed E-state index contributed by atoms with van der Waals surface area (Å²) in [7, 11) is 1.91. The standard InChI is InChI=1S/C11H19N5O/c1-5-6-16(4)11-9(10(12)15-17)7(2)8(3)13-14-11/h17H,5-6H2,1-4H3,(H2,12,15). The molecule has 0 amide bonds. The van der Waals surface area contributed by atoms with Gasteiger partial charge in [-0.3, -0.25) is 0 Å². The maximum Gasteiger partial charge on any atom is 0.174 e. The van der Waals surface area contributed by atoms with Crippen molar-refractivity contribution >= 4 is 11.7 Å². The Morgan fingerprint density at radius 3 is 2.59 bits per heavy atom. The molecule has 17 heavy (non-hydrogen) atoms. The number of hydrogen-bond acceptors (Lipinski definition) is 5. The van der Waals surface area contributed by atoms with E-state index in [1.807, 2.05) is 25.8 Å². The quantitative estimate of drug-likeness (QED) is 0.353. The van der Waals surface area contributed by atoms with Crippen LogP contribution < -0.4 is 10.6 Å². The molecular formula is C11H19N5O. The summed E-state index contributed by atoms with van der Waals surface area (Å²) >= 11 is 0. The number of amidine groups is 1. The summed E-state index contributed by atoms with van der Waals surface area (Å²) in [6.45, 7) is 6.65. The average molecular weight is 237 g/mol. The smallest absolute Gasteiger partial charge is 0.174 e. The number of nitrogens with zero attached hydrogens (tertiary/aromatic N) is 4. The Balaban J connectivity index is 3.35. The lowest BCUT2D eigenvalue weighted by molar-refractivity contribution is 0.318. The van der Waals surface area contributed by atoms with Crippen LogP contribution >= 0.6 is 0 Å². The van der Waals surface area contributed by atoms with Gasteiger partial charge >= 0.3 is 0 Å². The molecule has 1 aromatic heterocycles. The van der Waals surface area contributed by atoms with Crippen molar-refractivity contribution in [1.29, 1.82) is 0 Å². The summed E-state index contributed by atoms with van der Waals surface area (Å²) in [6.07, 6.45) is 0.987. The van der Waals surface area contributed by atoms with Gasteiger partial charge in [0, 0.05) is 13.6 Å². The van der Waals surface area contributed by atoms with E-state index in [9.17, 15) is 0 Å². The van der Waals surface area contributed by atoms with E-state index in [-0.39, 0.29) is 5.84 Å². The lowest BCUT2D eigenvalue weighted by atomic mass is 10.1. The maximum absolute atomic E-state index is 8.84. The molecule has 0 unspecified atom stereocenters. The summed E-state index contributed by atoms with van der Waals surface area (Å²) in [4.78, 5) is 1.95. The second-order valence-corrected chi connectivity index (χ2v) is 4.02. The van der Waals surface area contributed by atoms with Gasteiger partial charge < -0.3 is 15.8 Å². The van der Waals surface area contributed by atoms with E-state index in [1.54, 1.807) is 0 Å². The van der Waals surface area contributed by atoms with Crippen LogP contribution in [0, 0.1) is 13.8 Å². The van der Waals surface area contributed by atoms with Crippen LogP contribution in [0.5, 0.6) is 0 Å². The van der Waals surface area contributed by atoms with Crippen LogP contribution in [0.4, 0.5) is 5.82 Å². The summed E-state index contributed by atoms with van der Waals surface area (Å²) in [5.41, 5.74) is 8.01. The Morgan fingerprint density at radius 1 is 1.41 bits per heavy atom. The van der Waals surface area contributed by atoms with E-state index < -0.39 is 0 Å². The van der Waals surface area contributed by atoms with Gasteiger partial charge in [0.15, 0.2) is 11.7 Å². The zero-order valence-electron chi connectivity index (χ0n) is 10.7. The molecule has 6 heteroatoms. The molecule has 0 radical (unpaired) electrons. The van der Waals surface area contributed by atoms with Gasteiger partial charge in [0.2, 0.25) is 0 Å². The molecule has 6 nitrogen and oxygen atoms in total. The third-order valence-corrected chi connectivity index (χ3v) is 2.72. The van der Waals surface area contributed by atoms with Gasteiger partial charge in [0.25, 0.3) is 0 Å². The molecule has 0 atom stereocenters. The van der Waals surface area contributed by atoms with Gasteiger partial charge in [-0.2, -0.15) is 5.10 Å². The van der Waals surface area contributed by atoms with Crippen LogP contribution in [-0.4, -0.2) is 34.8 Å². The molecule has 0 saturated carbocycles. The Morgan fingerprint density at radius 2 is 2.06 bits per heavy atom. The minimum atomic E-state index is 0.0680. The molecule has 94 valence electrons. The highest BCUT2D eigenvalue weighted by atomic mass is 16.4. The number of oxime groups is 1. The number of anilines is 1. The van der Waals surface area contributed by atoms with Gasteiger partial charge in [0.1, 0.15) is 0 Å². The van der Waals surface area contributed by atoms with Crippen molar-refractivity contribution < 1.29 is 5.21 Å². The van der Waals surface area contributed by atoms with Crippen LogP contribution in [-0.2, 0) is 0 Å². The predicted octanol–water partition coefficient (Wildman–Crippen LogP) is 1.03. The Bertz CT molecular complexity index is 430. The number of nitrogens with two attached hydrogens (primary N) is 1. The first kappa shape index (κ1) is 13.2. The van der Waals surface area contributed by atoms with Crippen molar-refractivity contribution in [3.05, 3.63) is 16.8 Å². The highest BCUT2D eigenvalue weighted by Gasteiger charge is 2.17. The Hall–Kier alpha value is -1.85. The van der Waals surface area contributed by atoms with Crippen LogP contribution in [0.1, 0.15) is 30.2 Å². The SMILES string of the molecule is CCCN(C)c1nnc(C)c(C)c1/C(N)=N/O. The summed E-state index contributed by atoms with van der Waals surface area (Å²) in [5.74, 6) is 0.712. The first-order chi connectivity index (χ1) is 8.02. The average Bonchev–Trinajstić information content (AvgIpc) is 2.31. The Kier molecular flexibility index (Phi) is 4.25. The molecule has 0 bridgehead atoms. The van der Waals surface area contributed by atoms with E-state index in [0.29, 0.717) is 11.4 Å². The highest BCUT2D eigenvalue weighted by Crippen LogP contribution is 2.21. The molecule has 0 saturated heterocycles. The zero-order chi connectivity index (χ0) is 13.0. The minimum absolute atomic E-state index is 0.0680. The molecule has 0 spiro atoms. The number of aromatic nitrogens is 2. The van der Waals surface area contributed by atoms with E-state index in [0.717, 1.165) is 24.2 Å². The fourth-order valence-electron chi connectivity index (χ4n) is 1.66. The topological polar surface area (TPSA) is 87.6 Å². The van der Waals surface area contributed by atoms with Gasteiger partial charge in [-0.1, -0.05) is 12.1 Å². The van der Waals surface area contributed by atoms with Gasteiger partial charge in [-0.15, -0.1) is 5.10 Å². The monoisotopic (exact) mass is 237 g/mol. The number of aryl methyl sites for hydroxylation is 1. The lowest BCUT2D eigenvalue weighted by Crippen LogP contribution is -2.26. The van der Waals surface area contributed by atoms with Crippen molar-refractivity contribution in [2.75, 3.05) is 18.5 Å². The molecule has 0 aliphatic rings. The highest BCUT2D eigenvalue weighted by molar-refractivity contribution is 6.02. The van der Waals surface area contributed by atoms with Gasteiger partial charge in [-0.05, 0) is 25.8 Å². The first-order valence-electron chi connectivity index (χ1n) is 5.55. The normalized spacial score (nSPS) is 11.6. The fourth-order valence-corrected chi connectivity index (χ4v) is 1.66. The van der Waals surface area contributed by atoms with Crippen molar-refractivity contribution in [2.45, 2.75) is 27.2 Å². The van der Waals surface area contributed by atoms with E-state index in [4.69, 9.17) is 10.9 Å². The molecule has 0 aliphatic heterocycles. The molecule has 1 rings (SSSR count). The maximum atomic E-state index is 8.84. The lowest BCUT2D eigenvalue weighted by Gasteiger charge is -2.21.